The fourth-order valence-corrected chi connectivity index (χ4v) is 3.46. The summed E-state index contributed by atoms with van der Waals surface area (Å²) in [4.78, 5) is 7.16. The highest BCUT2D eigenvalue weighted by Crippen LogP contribution is 2.34. The third-order valence-corrected chi connectivity index (χ3v) is 4.99. The summed E-state index contributed by atoms with van der Waals surface area (Å²) in [5.41, 5.74) is 4.54. The summed E-state index contributed by atoms with van der Waals surface area (Å²) in [5.74, 6) is 0. The molecule has 2 aromatic heterocycles. The van der Waals surface area contributed by atoms with Crippen molar-refractivity contribution in [3.05, 3.63) is 46.2 Å². The largest absolute Gasteiger partial charge is 0.371 e. The monoisotopic (exact) mass is 388 g/mol. The number of rotatable bonds is 6. The summed E-state index contributed by atoms with van der Waals surface area (Å²) in [7, 11) is 0. The molecule has 136 valence electrons. The molecule has 2 heterocycles. The minimum absolute atomic E-state index is 0.495. The number of anilines is 1. The van der Waals surface area contributed by atoms with Crippen LogP contribution in [0.15, 0.2) is 30.5 Å². The molecule has 0 bridgehead atoms. The maximum Gasteiger partial charge on any atom is 0.119 e. The van der Waals surface area contributed by atoms with E-state index in [0.717, 1.165) is 59.5 Å². The van der Waals surface area contributed by atoms with Crippen LogP contribution in [0.5, 0.6) is 0 Å². The minimum atomic E-state index is 0.495. The van der Waals surface area contributed by atoms with Gasteiger partial charge in [0.05, 0.1) is 16.2 Å². The standard InChI is InChI=1S/C20H22Cl2N4/c1-4-8-26(9-5-2)18-10-13(3)24-20-15(18)12-23-25-19(20)14-6-7-16(21)17(22)11-14/h6-7,10-12H,4-5,8-9H2,1-3H3. The summed E-state index contributed by atoms with van der Waals surface area (Å²) in [6.45, 7) is 8.39. The Kier molecular flexibility index (Phi) is 5.94. The van der Waals surface area contributed by atoms with Crippen LogP contribution in [0, 0.1) is 6.92 Å². The van der Waals surface area contributed by atoms with Crippen molar-refractivity contribution >= 4 is 39.8 Å². The maximum absolute atomic E-state index is 6.20. The molecule has 0 spiro atoms. The summed E-state index contributed by atoms with van der Waals surface area (Å²) < 4.78 is 0. The van der Waals surface area contributed by atoms with Gasteiger partial charge in [-0.1, -0.05) is 43.1 Å². The van der Waals surface area contributed by atoms with Crippen LogP contribution in [0.1, 0.15) is 32.4 Å². The molecule has 0 aliphatic heterocycles. The number of halogens is 2. The van der Waals surface area contributed by atoms with E-state index in [2.05, 4.69) is 35.0 Å². The molecule has 0 unspecified atom stereocenters. The van der Waals surface area contributed by atoms with Gasteiger partial charge < -0.3 is 4.90 Å². The van der Waals surface area contributed by atoms with Gasteiger partial charge in [0.1, 0.15) is 11.2 Å². The van der Waals surface area contributed by atoms with E-state index in [-0.39, 0.29) is 0 Å². The van der Waals surface area contributed by atoms with Crippen molar-refractivity contribution in [2.24, 2.45) is 0 Å². The second kappa shape index (κ2) is 8.19. The fourth-order valence-electron chi connectivity index (χ4n) is 3.16. The van der Waals surface area contributed by atoms with Gasteiger partial charge in [-0.3, -0.25) is 4.98 Å². The van der Waals surface area contributed by atoms with Gasteiger partial charge in [-0.25, -0.2) is 0 Å². The van der Waals surface area contributed by atoms with Crippen LogP contribution in [0.2, 0.25) is 10.0 Å². The van der Waals surface area contributed by atoms with E-state index in [1.165, 1.54) is 0 Å². The summed E-state index contributed by atoms with van der Waals surface area (Å²) in [5, 5.41) is 10.6. The molecule has 1 aromatic carbocycles. The van der Waals surface area contributed by atoms with Crippen LogP contribution in [0.3, 0.4) is 0 Å². The third kappa shape index (κ3) is 3.76. The Bertz CT molecular complexity index is 921. The lowest BCUT2D eigenvalue weighted by Gasteiger charge is -2.25. The fraction of sp³-hybridized carbons (Fsp3) is 0.350. The zero-order valence-electron chi connectivity index (χ0n) is 15.3. The highest BCUT2D eigenvalue weighted by Gasteiger charge is 2.16. The number of benzene rings is 1. The third-order valence-electron chi connectivity index (χ3n) is 4.25. The second-order valence-electron chi connectivity index (χ2n) is 6.35. The van der Waals surface area contributed by atoms with Crippen molar-refractivity contribution in [2.45, 2.75) is 33.6 Å². The first-order valence-corrected chi connectivity index (χ1v) is 9.64. The van der Waals surface area contributed by atoms with Crippen LogP contribution in [-0.2, 0) is 0 Å². The molecule has 4 nitrogen and oxygen atoms in total. The lowest BCUT2D eigenvalue weighted by atomic mass is 10.1. The number of hydrogen-bond acceptors (Lipinski definition) is 4. The number of nitrogens with zero attached hydrogens (tertiary/aromatic N) is 4. The average molecular weight is 389 g/mol. The van der Waals surface area contributed by atoms with E-state index in [1.807, 2.05) is 19.1 Å². The summed E-state index contributed by atoms with van der Waals surface area (Å²) in [6, 6.07) is 7.62. The number of pyridine rings is 1. The highest BCUT2D eigenvalue weighted by molar-refractivity contribution is 6.42. The molecule has 26 heavy (non-hydrogen) atoms. The number of hydrogen-bond donors (Lipinski definition) is 0. The quantitative estimate of drug-likeness (QED) is 0.524. The lowest BCUT2D eigenvalue weighted by Crippen LogP contribution is -2.25. The van der Waals surface area contributed by atoms with E-state index in [9.17, 15) is 0 Å². The Balaban J connectivity index is 2.23. The molecule has 6 heteroatoms. The van der Waals surface area contributed by atoms with Crippen molar-refractivity contribution in [3.8, 4) is 11.3 Å². The Morgan fingerprint density at radius 3 is 2.38 bits per heavy atom. The van der Waals surface area contributed by atoms with Crippen molar-refractivity contribution < 1.29 is 0 Å². The van der Waals surface area contributed by atoms with Gasteiger partial charge in [0.25, 0.3) is 0 Å². The molecule has 0 aliphatic rings. The van der Waals surface area contributed by atoms with Crippen molar-refractivity contribution in [3.63, 3.8) is 0 Å². The van der Waals surface area contributed by atoms with Crippen LogP contribution in [-0.4, -0.2) is 28.3 Å². The topological polar surface area (TPSA) is 41.9 Å². The van der Waals surface area contributed by atoms with Gasteiger partial charge in [-0.15, -0.1) is 5.10 Å². The molecule has 0 fully saturated rings. The molecule has 0 N–H and O–H groups in total. The van der Waals surface area contributed by atoms with Crippen LogP contribution in [0.25, 0.3) is 22.2 Å². The van der Waals surface area contributed by atoms with Gasteiger partial charge in [0.2, 0.25) is 0 Å². The number of aromatic nitrogens is 3. The first-order chi connectivity index (χ1) is 12.5. The predicted octanol–water partition coefficient (Wildman–Crippen LogP) is 5.93. The van der Waals surface area contributed by atoms with E-state index >= 15 is 0 Å². The molecule has 0 saturated carbocycles. The smallest absolute Gasteiger partial charge is 0.119 e. The SMILES string of the molecule is CCCN(CCC)c1cc(C)nc2c(-c3ccc(Cl)c(Cl)c3)nncc12. The van der Waals surface area contributed by atoms with Gasteiger partial charge in [0, 0.05) is 35.4 Å². The van der Waals surface area contributed by atoms with Gasteiger partial charge in [0.15, 0.2) is 0 Å². The Morgan fingerprint density at radius 2 is 1.73 bits per heavy atom. The first-order valence-electron chi connectivity index (χ1n) is 8.88. The molecule has 0 amide bonds. The van der Waals surface area contributed by atoms with E-state index in [4.69, 9.17) is 28.2 Å². The molecule has 0 saturated heterocycles. The van der Waals surface area contributed by atoms with Crippen molar-refractivity contribution in [1.82, 2.24) is 15.2 Å². The minimum Gasteiger partial charge on any atom is -0.371 e. The predicted molar refractivity (Wildman–Crippen MR) is 110 cm³/mol. The molecular formula is C20H22Cl2N4. The number of fused-ring (bicyclic) bond motifs is 1. The van der Waals surface area contributed by atoms with E-state index in [1.54, 1.807) is 12.3 Å². The van der Waals surface area contributed by atoms with Crippen LogP contribution < -0.4 is 4.90 Å². The lowest BCUT2D eigenvalue weighted by molar-refractivity contribution is 0.746. The normalized spacial score (nSPS) is 11.1. The van der Waals surface area contributed by atoms with Gasteiger partial charge >= 0.3 is 0 Å². The van der Waals surface area contributed by atoms with Crippen molar-refractivity contribution in [2.75, 3.05) is 18.0 Å². The van der Waals surface area contributed by atoms with Crippen molar-refractivity contribution in [1.29, 1.82) is 0 Å². The second-order valence-corrected chi connectivity index (χ2v) is 7.17. The van der Waals surface area contributed by atoms with E-state index < -0.39 is 0 Å². The maximum atomic E-state index is 6.20. The van der Waals surface area contributed by atoms with Gasteiger partial charge in [-0.2, -0.15) is 5.10 Å². The first kappa shape index (κ1) is 18.9. The molecule has 0 radical (unpaired) electrons. The Labute approximate surface area is 164 Å². The Hall–Kier alpha value is -1.91. The average Bonchev–Trinajstić information content (AvgIpc) is 2.63. The molecular weight excluding hydrogens is 367 g/mol. The highest BCUT2D eigenvalue weighted by atomic mass is 35.5. The van der Waals surface area contributed by atoms with Gasteiger partial charge in [-0.05, 0) is 38.0 Å². The van der Waals surface area contributed by atoms with Crippen LogP contribution >= 0.6 is 23.2 Å². The zero-order valence-corrected chi connectivity index (χ0v) is 16.8. The summed E-state index contributed by atoms with van der Waals surface area (Å²) in [6.07, 6.45) is 3.97. The Morgan fingerprint density at radius 1 is 1.00 bits per heavy atom. The number of aryl methyl sites for hydroxylation is 1. The van der Waals surface area contributed by atoms with E-state index in [0.29, 0.717) is 10.0 Å². The molecule has 0 atom stereocenters. The zero-order chi connectivity index (χ0) is 18.7. The molecule has 3 aromatic rings. The van der Waals surface area contributed by atoms with Crippen LogP contribution in [0.4, 0.5) is 5.69 Å². The molecule has 3 rings (SSSR count). The molecule has 0 aliphatic carbocycles. The summed E-state index contributed by atoms with van der Waals surface area (Å²) >= 11 is 12.3.